The van der Waals surface area contributed by atoms with E-state index in [2.05, 4.69) is 31.5 Å². The van der Waals surface area contributed by atoms with Crippen molar-refractivity contribution in [3.05, 3.63) is 51.5 Å². The Morgan fingerprint density at radius 1 is 1.24 bits per heavy atom. The minimum Gasteiger partial charge on any atom is -0.397 e. The van der Waals surface area contributed by atoms with E-state index in [0.717, 1.165) is 15.7 Å². The predicted molar refractivity (Wildman–Crippen MR) is 86.4 cm³/mol. The molecule has 0 amide bonds. The molecule has 0 fully saturated rings. The molecule has 1 aromatic heterocycles. The van der Waals surface area contributed by atoms with Gasteiger partial charge in [0.05, 0.1) is 16.4 Å². The number of hydrogen-bond acceptors (Lipinski definition) is 4. The van der Waals surface area contributed by atoms with Gasteiger partial charge >= 0.3 is 0 Å². The van der Waals surface area contributed by atoms with Crippen molar-refractivity contribution in [2.45, 2.75) is 6.92 Å². The third-order valence-corrected chi connectivity index (χ3v) is 4.37. The maximum atomic E-state index is 6.07. The zero-order valence-corrected chi connectivity index (χ0v) is 13.4. The smallest absolute Gasteiger partial charge is 0.189 e. The molecular formula is C14H11BrClN5. The molecule has 5 nitrogen and oxygen atoms in total. The fourth-order valence-corrected chi connectivity index (χ4v) is 2.44. The van der Waals surface area contributed by atoms with Crippen molar-refractivity contribution in [1.29, 1.82) is 0 Å². The number of nitrogen functional groups attached to an aromatic ring is 1. The van der Waals surface area contributed by atoms with Crippen LogP contribution >= 0.6 is 27.5 Å². The maximum Gasteiger partial charge on any atom is 0.189 e. The Morgan fingerprint density at radius 2 is 2.05 bits per heavy atom. The van der Waals surface area contributed by atoms with Crippen LogP contribution in [0, 0.1) is 6.92 Å². The lowest BCUT2D eigenvalue weighted by atomic mass is 10.1. The molecule has 0 atom stereocenters. The van der Waals surface area contributed by atoms with E-state index in [1.165, 1.54) is 0 Å². The normalized spacial score (nSPS) is 10.8. The standard InChI is InChI=1S/C14H11BrClN5/c1-8-7-9(5-6-11(8)15)21-14(18-19-20-21)10-3-2-4-12(16)13(10)17/h2-7H,17H2,1H3. The van der Waals surface area contributed by atoms with Crippen LogP contribution in [-0.4, -0.2) is 20.2 Å². The first-order valence-corrected chi connectivity index (χ1v) is 7.34. The average Bonchev–Trinajstić information content (AvgIpc) is 2.94. The van der Waals surface area contributed by atoms with Gasteiger partial charge in [-0.3, -0.25) is 0 Å². The lowest BCUT2D eigenvalue weighted by Crippen LogP contribution is -2.02. The zero-order chi connectivity index (χ0) is 15.0. The van der Waals surface area contributed by atoms with Crippen LogP contribution in [0.1, 0.15) is 5.56 Å². The van der Waals surface area contributed by atoms with Gasteiger partial charge in [0.25, 0.3) is 0 Å². The summed E-state index contributed by atoms with van der Waals surface area (Å²) in [6.45, 7) is 2.01. The van der Waals surface area contributed by atoms with Gasteiger partial charge in [0.2, 0.25) is 0 Å². The fraction of sp³-hybridized carbons (Fsp3) is 0.0714. The summed E-state index contributed by atoms with van der Waals surface area (Å²) in [5, 5.41) is 12.3. The van der Waals surface area contributed by atoms with Crippen molar-refractivity contribution in [3.63, 3.8) is 0 Å². The van der Waals surface area contributed by atoms with Crippen LogP contribution in [0.3, 0.4) is 0 Å². The molecule has 3 aromatic rings. The molecule has 0 aliphatic carbocycles. The molecule has 7 heteroatoms. The number of hydrogen-bond donors (Lipinski definition) is 1. The molecule has 0 saturated heterocycles. The summed E-state index contributed by atoms with van der Waals surface area (Å²) in [7, 11) is 0. The second-order valence-corrected chi connectivity index (χ2v) is 5.81. The van der Waals surface area contributed by atoms with Crippen molar-refractivity contribution in [1.82, 2.24) is 20.2 Å². The highest BCUT2D eigenvalue weighted by Gasteiger charge is 2.15. The number of aryl methyl sites for hydroxylation is 1. The Balaban J connectivity index is 2.17. The summed E-state index contributed by atoms with van der Waals surface area (Å²) in [5.74, 6) is 0.553. The van der Waals surface area contributed by atoms with Crippen LogP contribution in [0.5, 0.6) is 0 Å². The Kier molecular flexibility index (Phi) is 3.65. The monoisotopic (exact) mass is 363 g/mol. The predicted octanol–water partition coefficient (Wildman–Crippen LogP) is 3.64. The van der Waals surface area contributed by atoms with Gasteiger partial charge in [0.1, 0.15) is 0 Å². The van der Waals surface area contributed by atoms with Crippen LogP contribution in [0.25, 0.3) is 17.1 Å². The summed E-state index contributed by atoms with van der Waals surface area (Å²) < 4.78 is 2.67. The number of benzene rings is 2. The van der Waals surface area contributed by atoms with Gasteiger partial charge in [0, 0.05) is 10.0 Å². The molecule has 0 unspecified atom stereocenters. The molecule has 0 radical (unpaired) electrons. The number of halogens is 2. The largest absolute Gasteiger partial charge is 0.397 e. The maximum absolute atomic E-state index is 6.07. The van der Waals surface area contributed by atoms with E-state index in [1.807, 2.05) is 37.3 Å². The molecule has 21 heavy (non-hydrogen) atoms. The topological polar surface area (TPSA) is 69.6 Å². The van der Waals surface area contributed by atoms with Crippen molar-refractivity contribution in [2.24, 2.45) is 0 Å². The first-order valence-electron chi connectivity index (χ1n) is 6.17. The first kappa shape index (κ1) is 14.0. The second kappa shape index (κ2) is 5.46. The Morgan fingerprint density at radius 3 is 2.81 bits per heavy atom. The molecule has 0 saturated carbocycles. The van der Waals surface area contributed by atoms with Gasteiger partial charge < -0.3 is 5.73 Å². The van der Waals surface area contributed by atoms with Crippen LogP contribution in [0.15, 0.2) is 40.9 Å². The third-order valence-electron chi connectivity index (χ3n) is 3.15. The second-order valence-electron chi connectivity index (χ2n) is 4.55. The summed E-state index contributed by atoms with van der Waals surface area (Å²) in [4.78, 5) is 0. The molecule has 2 N–H and O–H groups in total. The number of aromatic nitrogens is 4. The minimum absolute atomic E-state index is 0.462. The third kappa shape index (κ3) is 2.52. The molecule has 1 heterocycles. The van der Waals surface area contributed by atoms with E-state index in [-0.39, 0.29) is 0 Å². The molecule has 0 spiro atoms. The lowest BCUT2D eigenvalue weighted by molar-refractivity contribution is 0.790. The summed E-state index contributed by atoms with van der Waals surface area (Å²) >= 11 is 9.54. The van der Waals surface area contributed by atoms with Gasteiger partial charge in [-0.1, -0.05) is 33.6 Å². The summed E-state index contributed by atoms with van der Waals surface area (Å²) in [6.07, 6.45) is 0. The van der Waals surface area contributed by atoms with E-state index >= 15 is 0 Å². The quantitative estimate of drug-likeness (QED) is 0.705. The van der Waals surface area contributed by atoms with E-state index in [4.69, 9.17) is 17.3 Å². The Labute approximate surface area is 134 Å². The van der Waals surface area contributed by atoms with Gasteiger partial charge in [-0.2, -0.15) is 4.68 Å². The number of para-hydroxylation sites is 1. The van der Waals surface area contributed by atoms with Crippen molar-refractivity contribution < 1.29 is 0 Å². The zero-order valence-electron chi connectivity index (χ0n) is 11.1. The number of tetrazole rings is 1. The summed E-state index contributed by atoms with van der Waals surface area (Å²) in [5.41, 5.74) is 9.14. The van der Waals surface area contributed by atoms with Crippen LogP contribution in [0.2, 0.25) is 5.02 Å². The van der Waals surface area contributed by atoms with Crippen molar-refractivity contribution in [3.8, 4) is 17.1 Å². The summed E-state index contributed by atoms with van der Waals surface area (Å²) in [6, 6.07) is 11.3. The number of anilines is 1. The molecule has 0 aliphatic rings. The minimum atomic E-state index is 0.462. The van der Waals surface area contributed by atoms with E-state index < -0.39 is 0 Å². The Hall–Kier alpha value is -1.92. The first-order chi connectivity index (χ1) is 10.1. The van der Waals surface area contributed by atoms with Gasteiger partial charge in [-0.25, -0.2) is 0 Å². The van der Waals surface area contributed by atoms with Crippen LogP contribution in [0.4, 0.5) is 5.69 Å². The average molecular weight is 365 g/mol. The number of rotatable bonds is 2. The number of nitrogens with two attached hydrogens (primary N) is 1. The Bertz CT molecular complexity index is 815. The SMILES string of the molecule is Cc1cc(-n2nnnc2-c2cccc(Cl)c2N)ccc1Br. The van der Waals surface area contributed by atoms with Crippen molar-refractivity contribution >= 4 is 33.2 Å². The van der Waals surface area contributed by atoms with E-state index in [9.17, 15) is 0 Å². The molecule has 3 rings (SSSR count). The molecule has 0 aliphatic heterocycles. The highest BCUT2D eigenvalue weighted by molar-refractivity contribution is 9.10. The van der Waals surface area contributed by atoms with Gasteiger partial charge in [-0.05, 0) is 53.2 Å². The lowest BCUT2D eigenvalue weighted by Gasteiger charge is -2.09. The highest BCUT2D eigenvalue weighted by atomic mass is 79.9. The van der Waals surface area contributed by atoms with Crippen LogP contribution < -0.4 is 5.73 Å². The molecule has 0 bridgehead atoms. The molecular weight excluding hydrogens is 354 g/mol. The molecule has 2 aromatic carbocycles. The van der Waals surface area contributed by atoms with E-state index in [0.29, 0.717) is 22.1 Å². The molecule has 106 valence electrons. The van der Waals surface area contributed by atoms with Gasteiger partial charge in [-0.15, -0.1) is 5.10 Å². The number of nitrogens with zero attached hydrogens (tertiary/aromatic N) is 4. The van der Waals surface area contributed by atoms with Gasteiger partial charge in [0.15, 0.2) is 5.82 Å². The highest BCUT2D eigenvalue weighted by Crippen LogP contribution is 2.31. The van der Waals surface area contributed by atoms with E-state index in [1.54, 1.807) is 10.7 Å². The van der Waals surface area contributed by atoms with Crippen LogP contribution in [-0.2, 0) is 0 Å². The fourth-order valence-electron chi connectivity index (χ4n) is 2.02. The van der Waals surface area contributed by atoms with Crippen molar-refractivity contribution in [2.75, 3.05) is 5.73 Å².